The summed E-state index contributed by atoms with van der Waals surface area (Å²) in [7, 11) is 0. The molecular weight excluding hydrogens is 400 g/mol. The summed E-state index contributed by atoms with van der Waals surface area (Å²) < 4.78 is 16.1. The molecule has 1 spiro atoms. The number of cyclic esters (lactones) is 2. The lowest BCUT2D eigenvalue weighted by Gasteiger charge is -2.54. The van der Waals surface area contributed by atoms with Crippen molar-refractivity contribution in [3.05, 3.63) is 28.8 Å². The van der Waals surface area contributed by atoms with E-state index in [9.17, 15) is 14.4 Å². The molecule has 2 saturated heterocycles. The number of fused-ring (bicyclic) bond motifs is 4. The Kier molecular flexibility index (Phi) is 4.64. The molecule has 0 aliphatic carbocycles. The Bertz CT molecular complexity index is 866. The van der Waals surface area contributed by atoms with Crippen molar-refractivity contribution in [2.45, 2.75) is 39.0 Å². The predicted molar refractivity (Wildman–Crippen MR) is 104 cm³/mol. The number of carbonyl (C=O) groups excluding carboxylic acids is 3. The third kappa shape index (κ3) is 3.10. The van der Waals surface area contributed by atoms with E-state index in [4.69, 9.17) is 25.8 Å². The van der Waals surface area contributed by atoms with Crippen molar-refractivity contribution in [1.82, 2.24) is 4.90 Å². The van der Waals surface area contributed by atoms with Crippen LogP contribution in [-0.2, 0) is 30.2 Å². The standard InChI is InChI=1S/C20H23ClN2O6/c1-4-27-18(26)22-7-8-23-14-9-13(21)6-5-12(14)10-20(15(23)11-22)16(24)28-19(2,3)29-17(20)25/h5-6,9,15H,4,7-8,10-11H2,1-3H3. The maximum Gasteiger partial charge on any atom is 0.409 e. The van der Waals surface area contributed by atoms with E-state index in [0.29, 0.717) is 18.1 Å². The van der Waals surface area contributed by atoms with Gasteiger partial charge in [0.2, 0.25) is 0 Å². The quantitative estimate of drug-likeness (QED) is 0.507. The summed E-state index contributed by atoms with van der Waals surface area (Å²) in [4.78, 5) is 42.3. The number of anilines is 1. The third-order valence-electron chi connectivity index (χ3n) is 5.71. The Morgan fingerprint density at radius 2 is 1.93 bits per heavy atom. The van der Waals surface area contributed by atoms with Crippen LogP contribution in [0.1, 0.15) is 26.3 Å². The number of carbonyl (C=O) groups is 3. The first kappa shape index (κ1) is 19.8. The van der Waals surface area contributed by atoms with Crippen LogP contribution in [0.4, 0.5) is 10.5 Å². The van der Waals surface area contributed by atoms with E-state index in [-0.39, 0.29) is 19.6 Å². The Hall–Kier alpha value is -2.48. The lowest BCUT2D eigenvalue weighted by atomic mass is 9.69. The van der Waals surface area contributed by atoms with E-state index in [2.05, 4.69) is 0 Å². The second-order valence-corrected chi connectivity index (χ2v) is 8.39. The van der Waals surface area contributed by atoms with Gasteiger partial charge >= 0.3 is 18.0 Å². The number of nitrogens with zero attached hydrogens (tertiary/aromatic N) is 2. The van der Waals surface area contributed by atoms with Gasteiger partial charge in [-0.1, -0.05) is 17.7 Å². The lowest BCUT2D eigenvalue weighted by Crippen LogP contribution is -2.71. The molecule has 1 aromatic carbocycles. The van der Waals surface area contributed by atoms with Gasteiger partial charge in [-0.15, -0.1) is 0 Å². The highest BCUT2D eigenvalue weighted by Crippen LogP contribution is 2.48. The molecule has 0 saturated carbocycles. The van der Waals surface area contributed by atoms with Crippen molar-refractivity contribution in [3.8, 4) is 0 Å². The Morgan fingerprint density at radius 1 is 1.24 bits per heavy atom. The van der Waals surface area contributed by atoms with Crippen molar-refractivity contribution >= 4 is 35.3 Å². The van der Waals surface area contributed by atoms with Crippen LogP contribution in [0.15, 0.2) is 18.2 Å². The SMILES string of the molecule is CCOC(=O)N1CCN2c3cc(Cl)ccc3CC3(C(=O)OC(C)(C)OC3=O)C2C1. The molecule has 0 aromatic heterocycles. The largest absolute Gasteiger partial charge is 0.450 e. The van der Waals surface area contributed by atoms with Crippen molar-refractivity contribution in [2.24, 2.45) is 5.41 Å². The molecule has 1 unspecified atom stereocenters. The number of esters is 2. The first-order valence-electron chi connectivity index (χ1n) is 9.61. The number of piperazine rings is 1. The van der Waals surface area contributed by atoms with E-state index < -0.39 is 35.3 Å². The maximum absolute atomic E-state index is 13.2. The van der Waals surface area contributed by atoms with E-state index in [1.54, 1.807) is 13.0 Å². The second kappa shape index (κ2) is 6.79. The summed E-state index contributed by atoms with van der Waals surface area (Å²) in [6.07, 6.45) is -0.359. The Balaban J connectivity index is 1.80. The highest BCUT2D eigenvalue weighted by Gasteiger charge is 2.65. The molecule has 3 aliphatic heterocycles. The van der Waals surface area contributed by atoms with Gasteiger partial charge in [0.1, 0.15) is 0 Å². The summed E-state index contributed by atoms with van der Waals surface area (Å²) in [6.45, 7) is 5.97. The monoisotopic (exact) mass is 422 g/mol. The highest BCUT2D eigenvalue weighted by atomic mass is 35.5. The van der Waals surface area contributed by atoms with Crippen LogP contribution in [0, 0.1) is 5.41 Å². The molecule has 1 amide bonds. The molecular formula is C20H23ClN2O6. The van der Waals surface area contributed by atoms with Crippen molar-refractivity contribution in [1.29, 1.82) is 0 Å². The van der Waals surface area contributed by atoms with Crippen LogP contribution >= 0.6 is 11.6 Å². The molecule has 4 rings (SSSR count). The topological polar surface area (TPSA) is 85.4 Å². The van der Waals surface area contributed by atoms with Gasteiger partial charge in [-0.05, 0) is 24.6 Å². The van der Waals surface area contributed by atoms with Crippen LogP contribution in [0.2, 0.25) is 5.02 Å². The molecule has 2 fully saturated rings. The highest BCUT2D eigenvalue weighted by molar-refractivity contribution is 6.31. The summed E-state index contributed by atoms with van der Waals surface area (Å²) in [5.74, 6) is -2.61. The van der Waals surface area contributed by atoms with Gasteiger partial charge in [-0.25, -0.2) is 4.79 Å². The van der Waals surface area contributed by atoms with Crippen LogP contribution < -0.4 is 4.90 Å². The van der Waals surface area contributed by atoms with Gasteiger partial charge in [-0.2, -0.15) is 0 Å². The van der Waals surface area contributed by atoms with Gasteiger partial charge < -0.3 is 24.0 Å². The number of benzene rings is 1. The van der Waals surface area contributed by atoms with Crippen LogP contribution in [0.5, 0.6) is 0 Å². The molecule has 9 heteroatoms. The fourth-order valence-electron chi connectivity index (χ4n) is 4.39. The van der Waals surface area contributed by atoms with Crippen molar-refractivity contribution in [3.63, 3.8) is 0 Å². The van der Waals surface area contributed by atoms with Crippen LogP contribution in [-0.4, -0.2) is 61.0 Å². The van der Waals surface area contributed by atoms with Gasteiger partial charge in [0.25, 0.3) is 5.79 Å². The average molecular weight is 423 g/mol. The second-order valence-electron chi connectivity index (χ2n) is 7.95. The van der Waals surface area contributed by atoms with E-state index >= 15 is 0 Å². The summed E-state index contributed by atoms with van der Waals surface area (Å²) in [5, 5.41) is 0.557. The first-order chi connectivity index (χ1) is 13.7. The maximum atomic E-state index is 13.2. The van der Waals surface area contributed by atoms with E-state index in [1.807, 2.05) is 17.0 Å². The zero-order chi connectivity index (χ0) is 21.0. The molecule has 3 heterocycles. The fourth-order valence-corrected chi connectivity index (χ4v) is 4.56. The fraction of sp³-hybridized carbons (Fsp3) is 0.550. The zero-order valence-corrected chi connectivity index (χ0v) is 17.3. The smallest absolute Gasteiger partial charge is 0.409 e. The minimum Gasteiger partial charge on any atom is -0.450 e. The first-order valence-corrected chi connectivity index (χ1v) is 9.99. The normalized spacial score (nSPS) is 24.3. The summed E-state index contributed by atoms with van der Waals surface area (Å²) in [6, 6.07) is 4.71. The molecule has 1 aromatic rings. The number of hydrogen-bond donors (Lipinski definition) is 0. The number of hydrogen-bond acceptors (Lipinski definition) is 7. The number of halogens is 1. The van der Waals surface area contributed by atoms with Crippen molar-refractivity contribution < 1.29 is 28.6 Å². The predicted octanol–water partition coefficient (Wildman–Crippen LogP) is 2.37. The molecule has 8 nitrogen and oxygen atoms in total. The molecule has 156 valence electrons. The van der Waals surface area contributed by atoms with Gasteiger partial charge in [0.05, 0.1) is 12.6 Å². The van der Waals surface area contributed by atoms with Crippen molar-refractivity contribution in [2.75, 3.05) is 31.1 Å². The van der Waals surface area contributed by atoms with E-state index in [0.717, 1.165) is 11.3 Å². The molecule has 1 atom stereocenters. The molecule has 0 radical (unpaired) electrons. The van der Waals surface area contributed by atoms with Gasteiger partial charge in [0.15, 0.2) is 5.41 Å². The Morgan fingerprint density at radius 3 is 2.59 bits per heavy atom. The third-order valence-corrected chi connectivity index (χ3v) is 5.94. The van der Waals surface area contributed by atoms with Gasteiger partial charge in [-0.3, -0.25) is 9.59 Å². The minimum absolute atomic E-state index is 0.116. The number of amides is 1. The number of rotatable bonds is 1. The molecule has 3 aliphatic rings. The van der Waals surface area contributed by atoms with Crippen LogP contribution in [0.25, 0.3) is 0 Å². The molecule has 0 N–H and O–H groups in total. The average Bonchev–Trinajstić information content (AvgIpc) is 2.65. The van der Waals surface area contributed by atoms with E-state index in [1.165, 1.54) is 18.7 Å². The minimum atomic E-state index is -1.57. The van der Waals surface area contributed by atoms with Crippen LogP contribution in [0.3, 0.4) is 0 Å². The summed E-state index contributed by atoms with van der Waals surface area (Å²) in [5.41, 5.74) is 0.0903. The molecule has 0 bridgehead atoms. The number of ether oxygens (including phenoxy) is 3. The Labute approximate surface area is 173 Å². The lowest BCUT2D eigenvalue weighted by molar-refractivity contribution is -0.253. The molecule has 29 heavy (non-hydrogen) atoms. The zero-order valence-electron chi connectivity index (χ0n) is 16.6. The summed E-state index contributed by atoms with van der Waals surface area (Å²) >= 11 is 6.21. The van der Waals surface area contributed by atoms with Gasteiger partial charge in [0, 0.05) is 50.6 Å².